The van der Waals surface area contributed by atoms with Crippen LogP contribution in [0.1, 0.15) is 79.1 Å². The van der Waals surface area contributed by atoms with Crippen molar-refractivity contribution in [2.75, 3.05) is 13.2 Å². The summed E-state index contributed by atoms with van der Waals surface area (Å²) >= 11 is 0. The molecule has 0 heterocycles. The predicted octanol–water partition coefficient (Wildman–Crippen LogP) is 4.30. The maximum absolute atomic E-state index is 11.9. The highest BCUT2D eigenvalue weighted by Gasteiger charge is 2.18. The van der Waals surface area contributed by atoms with Crippen LogP contribution in [0.2, 0.25) is 0 Å². The second-order valence-corrected chi connectivity index (χ2v) is 6.02. The van der Waals surface area contributed by atoms with Gasteiger partial charge in [-0.3, -0.25) is 4.79 Å². The van der Waals surface area contributed by atoms with Crippen molar-refractivity contribution in [3.8, 4) is 0 Å². The van der Waals surface area contributed by atoms with Gasteiger partial charge in [-0.25, -0.2) is 0 Å². The largest absolute Gasteiger partial charge is 0.465 e. The van der Waals surface area contributed by atoms with E-state index in [1.165, 1.54) is 38.5 Å². The lowest BCUT2D eigenvalue weighted by atomic mass is 10.0. The van der Waals surface area contributed by atoms with E-state index in [2.05, 4.69) is 26.1 Å². The summed E-state index contributed by atoms with van der Waals surface area (Å²) in [7, 11) is 0. The minimum absolute atomic E-state index is 0.0841. The molecule has 0 aromatic heterocycles. The summed E-state index contributed by atoms with van der Waals surface area (Å²) in [5.41, 5.74) is 0. The van der Waals surface area contributed by atoms with Crippen LogP contribution in [-0.2, 0) is 9.53 Å². The van der Waals surface area contributed by atoms with Gasteiger partial charge >= 0.3 is 5.97 Å². The zero-order chi connectivity index (χ0) is 15.2. The molecular formula is C17H35NO2. The van der Waals surface area contributed by atoms with Crippen molar-refractivity contribution >= 4 is 5.97 Å². The summed E-state index contributed by atoms with van der Waals surface area (Å²) in [5.74, 6) is 0.472. The quantitative estimate of drug-likeness (QED) is 0.405. The number of nitrogens with one attached hydrogen (secondary N) is 1. The van der Waals surface area contributed by atoms with Crippen molar-refractivity contribution in [3.05, 3.63) is 0 Å². The molecule has 1 atom stereocenters. The summed E-state index contributed by atoms with van der Waals surface area (Å²) < 4.78 is 5.15. The number of hydrogen-bond acceptors (Lipinski definition) is 3. The Morgan fingerprint density at radius 2 is 1.60 bits per heavy atom. The van der Waals surface area contributed by atoms with Crippen LogP contribution in [-0.4, -0.2) is 25.2 Å². The second-order valence-electron chi connectivity index (χ2n) is 6.02. The molecule has 0 aromatic rings. The Bertz CT molecular complexity index is 229. The van der Waals surface area contributed by atoms with E-state index in [0.717, 1.165) is 19.4 Å². The first kappa shape index (κ1) is 19.4. The highest BCUT2D eigenvalue weighted by Crippen LogP contribution is 2.10. The van der Waals surface area contributed by atoms with Crippen LogP contribution in [0, 0.1) is 5.92 Å². The summed E-state index contributed by atoms with van der Waals surface area (Å²) in [6.45, 7) is 9.76. The van der Waals surface area contributed by atoms with E-state index in [4.69, 9.17) is 4.74 Å². The number of rotatable bonds is 13. The number of unbranched alkanes of at least 4 members (excludes halogenated alkanes) is 6. The average molecular weight is 285 g/mol. The molecule has 1 N–H and O–H groups in total. The van der Waals surface area contributed by atoms with Gasteiger partial charge in [-0.15, -0.1) is 0 Å². The van der Waals surface area contributed by atoms with Gasteiger partial charge in [-0.05, 0) is 25.8 Å². The second kappa shape index (κ2) is 13.4. The first-order valence-electron chi connectivity index (χ1n) is 8.51. The van der Waals surface area contributed by atoms with Crippen molar-refractivity contribution < 1.29 is 9.53 Å². The van der Waals surface area contributed by atoms with Crippen molar-refractivity contribution in [2.45, 2.75) is 85.1 Å². The molecule has 0 aliphatic carbocycles. The monoisotopic (exact) mass is 285 g/mol. The molecule has 0 rings (SSSR count). The number of carbonyl (C=O) groups excluding carboxylic acids is 1. The zero-order valence-electron chi connectivity index (χ0n) is 14.0. The first-order chi connectivity index (χ1) is 9.61. The molecule has 0 saturated heterocycles. The number of carbonyl (C=O) groups is 1. The van der Waals surface area contributed by atoms with E-state index < -0.39 is 0 Å². The smallest absolute Gasteiger partial charge is 0.323 e. The molecule has 20 heavy (non-hydrogen) atoms. The Hall–Kier alpha value is -0.570. The highest BCUT2D eigenvalue weighted by molar-refractivity contribution is 5.75. The van der Waals surface area contributed by atoms with E-state index in [0.29, 0.717) is 12.5 Å². The number of esters is 1. The van der Waals surface area contributed by atoms with Crippen molar-refractivity contribution in [2.24, 2.45) is 5.92 Å². The Kier molecular flexibility index (Phi) is 13.0. The molecule has 0 spiro atoms. The number of hydrogen-bond donors (Lipinski definition) is 1. The molecule has 0 radical (unpaired) electrons. The third-order valence-corrected chi connectivity index (χ3v) is 3.44. The van der Waals surface area contributed by atoms with Crippen LogP contribution in [0.15, 0.2) is 0 Å². The van der Waals surface area contributed by atoms with Gasteiger partial charge in [-0.1, -0.05) is 65.7 Å². The molecule has 3 heteroatoms. The van der Waals surface area contributed by atoms with E-state index in [-0.39, 0.29) is 12.0 Å². The fourth-order valence-corrected chi connectivity index (χ4v) is 2.23. The topological polar surface area (TPSA) is 38.3 Å². The third-order valence-electron chi connectivity index (χ3n) is 3.44. The van der Waals surface area contributed by atoms with E-state index in [9.17, 15) is 4.79 Å². The van der Waals surface area contributed by atoms with Crippen molar-refractivity contribution in [3.63, 3.8) is 0 Å². The molecule has 3 nitrogen and oxygen atoms in total. The normalized spacial score (nSPS) is 12.7. The van der Waals surface area contributed by atoms with Gasteiger partial charge in [0.25, 0.3) is 0 Å². The van der Waals surface area contributed by atoms with Crippen LogP contribution in [0.4, 0.5) is 0 Å². The standard InChI is InChI=1S/C17H35NO2/c1-5-7-8-9-10-11-12-13-16(17(19)20-6-2)18-14-15(3)4/h15-16,18H,5-14H2,1-4H3. The van der Waals surface area contributed by atoms with Gasteiger partial charge in [0.2, 0.25) is 0 Å². The molecular weight excluding hydrogens is 250 g/mol. The van der Waals surface area contributed by atoms with Gasteiger partial charge in [-0.2, -0.15) is 0 Å². The SMILES string of the molecule is CCCCCCCCCC(NCC(C)C)C(=O)OCC. The third kappa shape index (κ3) is 11.3. The maximum atomic E-state index is 11.9. The van der Waals surface area contributed by atoms with Crippen molar-refractivity contribution in [1.29, 1.82) is 0 Å². The zero-order valence-corrected chi connectivity index (χ0v) is 14.0. The minimum Gasteiger partial charge on any atom is -0.465 e. The van der Waals surface area contributed by atoms with Crippen LogP contribution in [0.3, 0.4) is 0 Å². The molecule has 0 fully saturated rings. The van der Waals surface area contributed by atoms with Crippen LogP contribution < -0.4 is 5.32 Å². The molecule has 0 amide bonds. The molecule has 0 bridgehead atoms. The van der Waals surface area contributed by atoms with Crippen LogP contribution in [0.25, 0.3) is 0 Å². The molecule has 1 unspecified atom stereocenters. The van der Waals surface area contributed by atoms with Crippen LogP contribution >= 0.6 is 0 Å². The summed E-state index contributed by atoms with van der Waals surface area (Å²) in [6, 6.07) is -0.118. The Morgan fingerprint density at radius 3 is 2.15 bits per heavy atom. The summed E-state index contributed by atoms with van der Waals surface area (Å²) in [6.07, 6.45) is 9.86. The molecule has 0 aliphatic heterocycles. The average Bonchev–Trinajstić information content (AvgIpc) is 2.41. The van der Waals surface area contributed by atoms with Gasteiger partial charge in [0, 0.05) is 0 Å². The number of ether oxygens (including phenoxy) is 1. The fraction of sp³-hybridized carbons (Fsp3) is 0.941. The van der Waals surface area contributed by atoms with E-state index in [1.54, 1.807) is 0 Å². The first-order valence-corrected chi connectivity index (χ1v) is 8.51. The summed E-state index contributed by atoms with van der Waals surface area (Å²) in [5, 5.41) is 3.34. The lowest BCUT2D eigenvalue weighted by Gasteiger charge is -2.18. The van der Waals surface area contributed by atoms with E-state index in [1.807, 2.05) is 6.92 Å². The van der Waals surface area contributed by atoms with E-state index >= 15 is 0 Å². The van der Waals surface area contributed by atoms with Gasteiger partial charge in [0.15, 0.2) is 0 Å². The minimum atomic E-state index is -0.118. The Labute approximate surface area is 125 Å². The molecule has 0 saturated carbocycles. The Balaban J connectivity index is 3.82. The van der Waals surface area contributed by atoms with Gasteiger partial charge < -0.3 is 10.1 Å². The molecule has 120 valence electrons. The van der Waals surface area contributed by atoms with Gasteiger partial charge in [0.05, 0.1) is 6.61 Å². The lowest BCUT2D eigenvalue weighted by Crippen LogP contribution is -2.39. The van der Waals surface area contributed by atoms with Crippen LogP contribution in [0.5, 0.6) is 0 Å². The lowest BCUT2D eigenvalue weighted by molar-refractivity contribution is -0.145. The molecule has 0 aliphatic rings. The van der Waals surface area contributed by atoms with Gasteiger partial charge in [0.1, 0.15) is 6.04 Å². The Morgan fingerprint density at radius 1 is 1.00 bits per heavy atom. The fourth-order valence-electron chi connectivity index (χ4n) is 2.23. The maximum Gasteiger partial charge on any atom is 0.323 e. The highest BCUT2D eigenvalue weighted by atomic mass is 16.5. The predicted molar refractivity (Wildman–Crippen MR) is 85.9 cm³/mol. The van der Waals surface area contributed by atoms with Crippen molar-refractivity contribution in [1.82, 2.24) is 5.32 Å². The summed E-state index contributed by atoms with van der Waals surface area (Å²) in [4.78, 5) is 11.9. The molecule has 0 aromatic carbocycles.